The van der Waals surface area contributed by atoms with Crippen molar-refractivity contribution < 1.29 is 4.84 Å². The molecule has 0 aromatic heterocycles. The predicted molar refractivity (Wildman–Crippen MR) is 57.5 cm³/mol. The Morgan fingerprint density at radius 1 is 1.50 bits per heavy atom. The molecule has 2 aliphatic rings. The third-order valence-electron chi connectivity index (χ3n) is 3.66. The van der Waals surface area contributed by atoms with Gasteiger partial charge in [0.05, 0.1) is 5.71 Å². The van der Waals surface area contributed by atoms with Crippen molar-refractivity contribution in [3.05, 3.63) is 0 Å². The topological polar surface area (TPSA) is 24.8 Å². The lowest BCUT2D eigenvalue weighted by molar-refractivity contribution is -0.0289. The lowest BCUT2D eigenvalue weighted by atomic mass is 9.89. The minimum Gasteiger partial charge on any atom is -0.389 e. The lowest BCUT2D eigenvalue weighted by Gasteiger charge is -2.24. The molecule has 0 aliphatic carbocycles. The molecule has 14 heavy (non-hydrogen) atoms. The first-order chi connectivity index (χ1) is 6.61. The van der Waals surface area contributed by atoms with Crippen LogP contribution in [0.15, 0.2) is 5.16 Å². The fourth-order valence-corrected chi connectivity index (χ4v) is 2.39. The molecule has 2 rings (SSSR count). The molecular formula is C11H20N2O. The first kappa shape index (κ1) is 9.97. The summed E-state index contributed by atoms with van der Waals surface area (Å²) in [6, 6.07) is 0.680. The average molecular weight is 196 g/mol. The van der Waals surface area contributed by atoms with Crippen molar-refractivity contribution in [2.45, 2.75) is 51.2 Å². The Kier molecular flexibility index (Phi) is 2.52. The summed E-state index contributed by atoms with van der Waals surface area (Å²) >= 11 is 0. The molecule has 1 fully saturated rings. The Bertz CT molecular complexity index is 238. The molecule has 0 amide bonds. The normalized spacial score (nSPS) is 39.4. The number of likely N-dealkylation sites (tertiary alicyclic amines) is 1. The molecule has 0 saturated carbocycles. The molecule has 0 N–H and O–H groups in total. The molecule has 3 heteroatoms. The van der Waals surface area contributed by atoms with Crippen LogP contribution in [0.2, 0.25) is 0 Å². The zero-order valence-corrected chi connectivity index (χ0v) is 9.42. The summed E-state index contributed by atoms with van der Waals surface area (Å²) in [5.41, 5.74) is 1.20. The number of hydrogen-bond donors (Lipinski definition) is 0. The van der Waals surface area contributed by atoms with Crippen LogP contribution in [0.1, 0.15) is 39.5 Å². The van der Waals surface area contributed by atoms with E-state index >= 15 is 0 Å². The van der Waals surface area contributed by atoms with Crippen LogP contribution in [0.25, 0.3) is 0 Å². The highest BCUT2D eigenvalue weighted by Gasteiger charge is 2.39. The number of rotatable bonds is 0. The van der Waals surface area contributed by atoms with E-state index in [1.807, 2.05) is 0 Å². The van der Waals surface area contributed by atoms with E-state index in [2.05, 4.69) is 31.0 Å². The van der Waals surface area contributed by atoms with Crippen molar-refractivity contribution in [1.29, 1.82) is 0 Å². The number of nitrogens with zero attached hydrogens (tertiary/aromatic N) is 2. The van der Waals surface area contributed by atoms with E-state index in [0.717, 1.165) is 31.5 Å². The van der Waals surface area contributed by atoms with Gasteiger partial charge in [0.2, 0.25) is 0 Å². The van der Waals surface area contributed by atoms with Gasteiger partial charge in [-0.05, 0) is 33.7 Å². The number of hydrogen-bond acceptors (Lipinski definition) is 3. The van der Waals surface area contributed by atoms with Crippen LogP contribution in [0.5, 0.6) is 0 Å². The largest absolute Gasteiger partial charge is 0.389 e. The fraction of sp³-hybridized carbons (Fsp3) is 0.909. The molecule has 0 bridgehead atoms. The van der Waals surface area contributed by atoms with Crippen LogP contribution in [0.3, 0.4) is 0 Å². The second kappa shape index (κ2) is 3.54. The Balaban J connectivity index is 2.02. The molecule has 2 aliphatic heterocycles. The summed E-state index contributed by atoms with van der Waals surface area (Å²) in [4.78, 5) is 8.05. The van der Waals surface area contributed by atoms with Crippen molar-refractivity contribution in [3.63, 3.8) is 0 Å². The summed E-state index contributed by atoms with van der Waals surface area (Å²) in [7, 11) is 2.20. The van der Waals surface area contributed by atoms with Crippen molar-refractivity contribution in [3.8, 4) is 0 Å². The fourth-order valence-electron chi connectivity index (χ4n) is 2.39. The van der Waals surface area contributed by atoms with Gasteiger partial charge in [0, 0.05) is 25.4 Å². The van der Waals surface area contributed by atoms with Gasteiger partial charge in [-0.1, -0.05) is 5.16 Å². The summed E-state index contributed by atoms with van der Waals surface area (Å²) < 4.78 is 0. The van der Waals surface area contributed by atoms with Gasteiger partial charge in [-0.2, -0.15) is 0 Å². The van der Waals surface area contributed by atoms with Gasteiger partial charge in [0.15, 0.2) is 0 Å². The Labute approximate surface area is 86.1 Å². The van der Waals surface area contributed by atoms with Gasteiger partial charge in [0.1, 0.15) is 5.60 Å². The summed E-state index contributed by atoms with van der Waals surface area (Å²) in [5.74, 6) is 0. The molecule has 0 radical (unpaired) electrons. The van der Waals surface area contributed by atoms with E-state index in [-0.39, 0.29) is 5.60 Å². The van der Waals surface area contributed by atoms with E-state index in [1.54, 1.807) is 0 Å². The average Bonchev–Trinajstić information content (AvgIpc) is 2.47. The van der Waals surface area contributed by atoms with Crippen LogP contribution in [0, 0.1) is 0 Å². The second-order valence-electron chi connectivity index (χ2n) is 4.90. The van der Waals surface area contributed by atoms with Crippen molar-refractivity contribution in [1.82, 2.24) is 4.90 Å². The van der Waals surface area contributed by atoms with Crippen LogP contribution >= 0.6 is 0 Å². The van der Waals surface area contributed by atoms with Crippen LogP contribution in [0.4, 0.5) is 0 Å². The Hall–Kier alpha value is -0.570. The maximum atomic E-state index is 5.63. The van der Waals surface area contributed by atoms with Crippen LogP contribution in [-0.2, 0) is 4.84 Å². The molecule has 2 unspecified atom stereocenters. The Morgan fingerprint density at radius 2 is 2.29 bits per heavy atom. The van der Waals surface area contributed by atoms with Gasteiger partial charge in [-0.25, -0.2) is 0 Å². The molecule has 0 aromatic rings. The molecule has 1 spiro atoms. The van der Waals surface area contributed by atoms with Crippen LogP contribution < -0.4 is 0 Å². The van der Waals surface area contributed by atoms with Crippen molar-refractivity contribution in [2.24, 2.45) is 5.16 Å². The van der Waals surface area contributed by atoms with Crippen molar-refractivity contribution >= 4 is 5.71 Å². The molecule has 2 heterocycles. The predicted octanol–water partition coefficient (Wildman–Crippen LogP) is 2.03. The highest BCUT2D eigenvalue weighted by molar-refractivity contribution is 5.83. The molecular weight excluding hydrogens is 176 g/mol. The summed E-state index contributed by atoms with van der Waals surface area (Å²) in [6.45, 7) is 5.48. The first-order valence-corrected chi connectivity index (χ1v) is 5.53. The highest BCUT2D eigenvalue weighted by Crippen LogP contribution is 2.35. The van der Waals surface area contributed by atoms with E-state index in [9.17, 15) is 0 Å². The number of oxime groups is 1. The molecule has 1 saturated heterocycles. The van der Waals surface area contributed by atoms with E-state index in [1.165, 1.54) is 6.42 Å². The van der Waals surface area contributed by atoms with E-state index < -0.39 is 0 Å². The highest BCUT2D eigenvalue weighted by atomic mass is 16.7. The smallest absolute Gasteiger partial charge is 0.144 e. The Morgan fingerprint density at radius 3 is 2.93 bits per heavy atom. The van der Waals surface area contributed by atoms with Gasteiger partial charge >= 0.3 is 0 Å². The quantitative estimate of drug-likeness (QED) is 0.592. The van der Waals surface area contributed by atoms with Gasteiger partial charge < -0.3 is 9.74 Å². The molecule has 3 nitrogen and oxygen atoms in total. The minimum atomic E-state index is 0.0447. The molecule has 80 valence electrons. The molecule has 0 aromatic carbocycles. The maximum Gasteiger partial charge on any atom is 0.144 e. The van der Waals surface area contributed by atoms with Crippen molar-refractivity contribution in [2.75, 3.05) is 13.6 Å². The SMILES string of the molecule is CC1=NOC2(CCC(C)N(C)CC2)C1. The third kappa shape index (κ3) is 1.78. The first-order valence-electron chi connectivity index (χ1n) is 5.53. The maximum absolute atomic E-state index is 5.63. The van der Waals surface area contributed by atoms with Gasteiger partial charge in [-0.3, -0.25) is 0 Å². The van der Waals surface area contributed by atoms with E-state index in [4.69, 9.17) is 4.84 Å². The zero-order valence-electron chi connectivity index (χ0n) is 9.42. The zero-order chi connectivity index (χ0) is 10.2. The second-order valence-corrected chi connectivity index (χ2v) is 4.90. The summed E-state index contributed by atoms with van der Waals surface area (Å²) in [6.07, 6.45) is 4.53. The van der Waals surface area contributed by atoms with Crippen LogP contribution in [-0.4, -0.2) is 35.8 Å². The standard InChI is InChI=1S/C11H20N2O/c1-9-8-11(14-12-9)5-4-10(2)13(3)7-6-11/h10H,4-8H2,1-3H3. The monoisotopic (exact) mass is 196 g/mol. The summed E-state index contributed by atoms with van der Waals surface area (Å²) in [5, 5.41) is 4.10. The molecule has 2 atom stereocenters. The van der Waals surface area contributed by atoms with E-state index in [0.29, 0.717) is 6.04 Å². The minimum absolute atomic E-state index is 0.0447. The lowest BCUT2D eigenvalue weighted by Crippen LogP contribution is -2.31. The third-order valence-corrected chi connectivity index (χ3v) is 3.66. The van der Waals surface area contributed by atoms with Gasteiger partial charge in [-0.15, -0.1) is 0 Å². The van der Waals surface area contributed by atoms with Gasteiger partial charge in [0.25, 0.3) is 0 Å².